The molecule has 6 aromatic rings. The lowest BCUT2D eigenvalue weighted by molar-refractivity contribution is -0.0465. The van der Waals surface area contributed by atoms with Crippen molar-refractivity contribution in [3.63, 3.8) is 0 Å². The van der Waals surface area contributed by atoms with Crippen molar-refractivity contribution in [2.24, 2.45) is 0 Å². The van der Waals surface area contributed by atoms with E-state index in [4.69, 9.17) is 9.05 Å². The van der Waals surface area contributed by atoms with Crippen LogP contribution in [0.4, 0.5) is 26.3 Å². The van der Waals surface area contributed by atoms with Crippen LogP contribution in [0.3, 0.4) is 0 Å². The highest BCUT2D eigenvalue weighted by Crippen LogP contribution is 2.69. The number of hydrogen-bond donors (Lipinski definition) is 0. The fourth-order valence-corrected chi connectivity index (χ4v) is 16.8. The second-order valence-corrected chi connectivity index (χ2v) is 26.8. The van der Waals surface area contributed by atoms with E-state index >= 15 is 30.9 Å². The molecule has 69 heavy (non-hydrogen) atoms. The van der Waals surface area contributed by atoms with Crippen LogP contribution in [0.5, 0.6) is 11.5 Å². The van der Waals surface area contributed by atoms with Gasteiger partial charge < -0.3 is 9.05 Å². The molecule has 1 heterocycles. The van der Waals surface area contributed by atoms with E-state index < -0.39 is 54.1 Å². The molecule has 0 N–H and O–H groups in total. The summed E-state index contributed by atoms with van der Waals surface area (Å²) in [6.07, 6.45) is 0. The van der Waals surface area contributed by atoms with Crippen molar-refractivity contribution < 1.29 is 56.8 Å². The summed E-state index contributed by atoms with van der Waals surface area (Å²) >= 11 is 0. The molecule has 0 atom stereocenters. The summed E-state index contributed by atoms with van der Waals surface area (Å²) in [6.45, 7) is 23.2. The van der Waals surface area contributed by atoms with Crippen molar-refractivity contribution in [2.45, 2.75) is 134 Å². The Morgan fingerprint density at radius 3 is 0.986 bits per heavy atom. The molecule has 0 fully saturated rings. The molecule has 0 bridgehead atoms. The van der Waals surface area contributed by atoms with Gasteiger partial charge in [-0.3, -0.25) is 0 Å². The first-order valence-corrected chi connectivity index (χ1v) is 27.6. The van der Waals surface area contributed by atoms with Crippen LogP contribution in [0.25, 0.3) is 54.9 Å². The van der Waals surface area contributed by atoms with Crippen LogP contribution in [-0.2, 0) is 24.2 Å². The minimum atomic E-state index is -7.64. The molecule has 1 aliphatic rings. The summed E-state index contributed by atoms with van der Waals surface area (Å²) in [6, 6.07) is 24.6. The van der Waals surface area contributed by atoms with Crippen LogP contribution >= 0.6 is 7.60 Å². The molecule has 0 spiro atoms. The normalized spacial score (nSPS) is 14.6. The number of fused-ring (bicyclic) bond motifs is 7. The predicted octanol–water partition coefficient (Wildman–Crippen LogP) is 16.9. The first kappa shape index (κ1) is 52.0. The summed E-state index contributed by atoms with van der Waals surface area (Å²) < 4.78 is 170. The third-order valence-electron chi connectivity index (χ3n) is 12.9. The van der Waals surface area contributed by atoms with E-state index in [0.717, 1.165) is 11.1 Å². The van der Waals surface area contributed by atoms with E-state index in [-0.39, 0.29) is 57.8 Å². The molecular weight excluding hydrogens is 958 g/mol. The first-order chi connectivity index (χ1) is 31.8. The summed E-state index contributed by atoms with van der Waals surface area (Å²) in [5.41, 5.74) is -7.93. The Bertz CT molecular complexity index is 3030. The number of sulfone groups is 2. The molecule has 16 heteroatoms. The maximum atomic E-state index is 16.3. The average Bonchev–Trinajstić information content (AvgIpc) is 3.38. The van der Waals surface area contributed by atoms with E-state index in [1.165, 1.54) is 0 Å². The van der Waals surface area contributed by atoms with Crippen LogP contribution in [0.15, 0.2) is 84.9 Å². The molecule has 370 valence electrons. The first-order valence-electron chi connectivity index (χ1n) is 22.9. The lowest BCUT2D eigenvalue weighted by Gasteiger charge is -2.30. The second kappa shape index (κ2) is 18.1. The molecule has 0 radical (unpaired) electrons. The van der Waals surface area contributed by atoms with Gasteiger partial charge in [0.2, 0.25) is 0 Å². The number of hydrogen-bond acceptors (Lipinski definition) is 7. The minimum Gasteiger partial charge on any atom is -0.413 e. The maximum Gasteiger partial charge on any atom is 0.499 e. The van der Waals surface area contributed by atoms with Gasteiger partial charge in [0.25, 0.3) is 19.7 Å². The Hall–Kier alpha value is -4.85. The molecule has 7 rings (SSSR count). The fourth-order valence-electron chi connectivity index (χ4n) is 9.34. The number of alkyl halides is 6. The SMILES string of the molecule is CC(C)c1cc(C(C)C)c(-c2cc3ccccc3c3c2OP(=O)(C(S(=O)(=O)C(F)(F)F)S(=O)(=O)C(F)(F)F)Oc2c(-c4c(C(C)C)cc(C(C)C)cc4C(C)C)cc4ccccc4c2-3)c(C(C)C)c1. The largest absolute Gasteiger partial charge is 0.499 e. The monoisotopic (exact) mass is 1010 g/mol. The van der Waals surface area contributed by atoms with E-state index in [0.29, 0.717) is 54.9 Å². The molecule has 6 aromatic carbocycles. The Morgan fingerprint density at radius 1 is 0.435 bits per heavy atom. The molecule has 1 aliphatic heterocycles. The zero-order chi connectivity index (χ0) is 51.2. The van der Waals surface area contributed by atoms with Crippen molar-refractivity contribution in [3.05, 3.63) is 118 Å². The van der Waals surface area contributed by atoms with E-state index in [1.807, 2.05) is 107 Å². The van der Waals surface area contributed by atoms with Crippen molar-refractivity contribution >= 4 is 48.8 Å². The van der Waals surface area contributed by atoms with Crippen molar-refractivity contribution in [1.82, 2.24) is 0 Å². The average molecular weight is 1020 g/mol. The zero-order valence-electron chi connectivity index (χ0n) is 40.5. The van der Waals surface area contributed by atoms with Gasteiger partial charge in [-0.25, -0.2) is 21.4 Å². The third kappa shape index (κ3) is 8.87. The smallest absolute Gasteiger partial charge is 0.413 e. The van der Waals surface area contributed by atoms with Gasteiger partial charge in [-0.1, -0.05) is 156 Å². The van der Waals surface area contributed by atoms with E-state index in [1.54, 1.807) is 60.7 Å². The number of halogens is 6. The standard InChI is InChI=1S/C53H57F6O7PS2/c1-27(2)35-23-39(29(5)6)45(40(24-35)30(7)8)43-21-33-17-13-15-19-37(33)47-48-38-20-16-14-18-34(38)22-44(46-41(31(9)10)25-36(28(3)4)26-42(46)32(11)12)50(48)66-67(60,65-49(43)47)51(68(61,62)52(54,55)56)69(63,64)53(57,58)59/h13-32,51H,1-12H3. The molecule has 0 aliphatic carbocycles. The van der Waals surface area contributed by atoms with Gasteiger partial charge in [-0.05, 0) is 114 Å². The highest BCUT2D eigenvalue weighted by molar-refractivity contribution is 8.17. The van der Waals surface area contributed by atoms with Crippen molar-refractivity contribution in [1.29, 1.82) is 0 Å². The molecular formula is C53H57F6O7PS2. The predicted molar refractivity (Wildman–Crippen MR) is 265 cm³/mol. The highest BCUT2D eigenvalue weighted by atomic mass is 32.3. The Balaban J connectivity index is 1.86. The number of benzene rings is 6. The summed E-state index contributed by atoms with van der Waals surface area (Å²) in [5, 5.41) is 1.65. The van der Waals surface area contributed by atoms with Crippen molar-refractivity contribution in [2.75, 3.05) is 0 Å². The van der Waals surface area contributed by atoms with Gasteiger partial charge >= 0.3 is 22.9 Å². The molecule has 0 aromatic heterocycles. The topological polar surface area (TPSA) is 104 Å². The lowest BCUT2D eigenvalue weighted by Crippen LogP contribution is -2.46. The Labute approximate surface area is 401 Å². The van der Waals surface area contributed by atoms with Gasteiger partial charge in [0.05, 0.1) is 0 Å². The number of rotatable bonds is 11. The van der Waals surface area contributed by atoms with Gasteiger partial charge in [-0.2, -0.15) is 26.3 Å². The van der Waals surface area contributed by atoms with Crippen LogP contribution in [0, 0.1) is 0 Å². The molecule has 7 nitrogen and oxygen atoms in total. The quantitative estimate of drug-likeness (QED) is 0.0940. The molecule has 0 amide bonds. The summed E-state index contributed by atoms with van der Waals surface area (Å²) in [7, 11) is -22.2. The molecule has 0 saturated heterocycles. The van der Waals surface area contributed by atoms with Gasteiger partial charge in [0.15, 0.2) is 0 Å². The Morgan fingerprint density at radius 2 is 0.725 bits per heavy atom. The second-order valence-electron chi connectivity index (χ2n) is 19.8. The lowest BCUT2D eigenvalue weighted by atomic mass is 9.78. The fraction of sp³-hybridized carbons (Fsp3) is 0.396. The maximum absolute atomic E-state index is 16.3. The van der Waals surface area contributed by atoms with Crippen LogP contribution in [-0.4, -0.2) is 32.2 Å². The minimum absolute atomic E-state index is 0.00483. The van der Waals surface area contributed by atoms with E-state index in [9.17, 15) is 16.8 Å². The summed E-state index contributed by atoms with van der Waals surface area (Å²) in [4.78, 5) is 0. The zero-order valence-corrected chi connectivity index (χ0v) is 43.0. The van der Waals surface area contributed by atoms with Crippen molar-refractivity contribution in [3.8, 4) is 44.9 Å². The van der Waals surface area contributed by atoms with Gasteiger partial charge in [0.1, 0.15) is 11.5 Å². The third-order valence-corrected chi connectivity index (χ3v) is 21.4. The van der Waals surface area contributed by atoms with Crippen LogP contribution in [0.2, 0.25) is 0 Å². The van der Waals surface area contributed by atoms with Crippen LogP contribution < -0.4 is 9.05 Å². The van der Waals surface area contributed by atoms with Gasteiger partial charge in [0, 0.05) is 22.3 Å². The molecule has 0 saturated carbocycles. The molecule has 0 unspecified atom stereocenters. The Kier molecular flexibility index (Phi) is 13.6. The summed E-state index contributed by atoms with van der Waals surface area (Å²) in [5.74, 6) is -2.34. The van der Waals surface area contributed by atoms with Gasteiger partial charge in [-0.15, -0.1) is 0 Å². The highest BCUT2D eigenvalue weighted by Gasteiger charge is 2.72. The van der Waals surface area contributed by atoms with E-state index in [2.05, 4.69) is 0 Å². The van der Waals surface area contributed by atoms with Crippen LogP contribution in [0.1, 0.15) is 152 Å².